The summed E-state index contributed by atoms with van der Waals surface area (Å²) in [5.41, 5.74) is 3.70. The molecule has 1 aliphatic carbocycles. The van der Waals surface area contributed by atoms with E-state index in [2.05, 4.69) is 30.7 Å². The zero-order valence-corrected chi connectivity index (χ0v) is 17.7. The minimum absolute atomic E-state index is 0.287. The van der Waals surface area contributed by atoms with E-state index in [4.69, 9.17) is 0 Å². The Morgan fingerprint density at radius 3 is 2.75 bits per heavy atom. The van der Waals surface area contributed by atoms with Crippen LogP contribution in [-0.2, 0) is 7.05 Å². The molecule has 1 aromatic carbocycles. The second-order valence-corrected chi connectivity index (χ2v) is 8.03. The van der Waals surface area contributed by atoms with Crippen molar-refractivity contribution in [2.75, 3.05) is 10.6 Å². The van der Waals surface area contributed by atoms with Gasteiger partial charge in [0, 0.05) is 36.1 Å². The second kappa shape index (κ2) is 7.99. The molecule has 9 heteroatoms. The van der Waals surface area contributed by atoms with Crippen LogP contribution in [0, 0.1) is 5.82 Å². The first kappa shape index (κ1) is 20.0. The largest absolute Gasteiger partial charge is 0.362 e. The maximum Gasteiger partial charge on any atom is 0.257 e. The number of halogens is 1. The van der Waals surface area contributed by atoms with E-state index in [0.29, 0.717) is 39.7 Å². The number of aryl methyl sites for hydroxylation is 1. The number of anilines is 2. The van der Waals surface area contributed by atoms with E-state index in [1.807, 2.05) is 13.0 Å². The average molecular weight is 431 g/mol. The molecule has 4 aromatic rings. The Balaban J connectivity index is 1.31. The highest BCUT2D eigenvalue weighted by molar-refractivity contribution is 6.04. The van der Waals surface area contributed by atoms with Gasteiger partial charge in [-0.15, -0.1) is 0 Å². The number of pyridine rings is 1. The number of carbonyl (C=O) groups is 1. The molecule has 0 unspecified atom stereocenters. The SMILES string of the molecule is C[C@H](Nc1cnc2cnn(C)c2n1)c1cc(NC(=O)c2ccc(C3CC3)nc2)ccc1F. The fourth-order valence-electron chi connectivity index (χ4n) is 3.60. The van der Waals surface area contributed by atoms with Crippen LogP contribution in [0.3, 0.4) is 0 Å². The number of hydrogen-bond donors (Lipinski definition) is 2. The molecule has 5 rings (SSSR count). The van der Waals surface area contributed by atoms with Gasteiger partial charge in [-0.3, -0.25) is 9.78 Å². The molecule has 0 saturated heterocycles. The minimum Gasteiger partial charge on any atom is -0.362 e. The number of nitrogens with zero attached hydrogens (tertiary/aromatic N) is 5. The third-order valence-electron chi connectivity index (χ3n) is 5.57. The van der Waals surface area contributed by atoms with E-state index in [1.54, 1.807) is 42.5 Å². The van der Waals surface area contributed by atoms with Crippen LogP contribution in [0.1, 0.15) is 53.3 Å². The van der Waals surface area contributed by atoms with E-state index >= 15 is 0 Å². The molecule has 8 nitrogen and oxygen atoms in total. The summed E-state index contributed by atoms with van der Waals surface area (Å²) in [5, 5.41) is 10.1. The van der Waals surface area contributed by atoms with Gasteiger partial charge < -0.3 is 10.6 Å². The molecule has 0 spiro atoms. The van der Waals surface area contributed by atoms with Crippen LogP contribution in [0.25, 0.3) is 11.2 Å². The smallest absolute Gasteiger partial charge is 0.257 e. The highest BCUT2D eigenvalue weighted by Gasteiger charge is 2.25. The number of rotatable bonds is 6. The van der Waals surface area contributed by atoms with Gasteiger partial charge in [-0.2, -0.15) is 5.10 Å². The lowest BCUT2D eigenvalue weighted by Crippen LogP contribution is -2.14. The zero-order chi connectivity index (χ0) is 22.2. The highest BCUT2D eigenvalue weighted by atomic mass is 19.1. The van der Waals surface area contributed by atoms with Crippen molar-refractivity contribution in [2.45, 2.75) is 31.7 Å². The van der Waals surface area contributed by atoms with Gasteiger partial charge >= 0.3 is 0 Å². The predicted molar refractivity (Wildman–Crippen MR) is 119 cm³/mol. The van der Waals surface area contributed by atoms with Crippen molar-refractivity contribution < 1.29 is 9.18 Å². The van der Waals surface area contributed by atoms with Crippen LogP contribution >= 0.6 is 0 Å². The number of hydrogen-bond acceptors (Lipinski definition) is 6. The second-order valence-electron chi connectivity index (χ2n) is 8.03. The molecule has 3 aromatic heterocycles. The summed E-state index contributed by atoms with van der Waals surface area (Å²) < 4.78 is 16.2. The van der Waals surface area contributed by atoms with Crippen molar-refractivity contribution >= 4 is 28.6 Å². The molecule has 1 atom stereocenters. The molecule has 1 amide bonds. The summed E-state index contributed by atoms with van der Waals surface area (Å²) in [6, 6.07) is 7.76. The third kappa shape index (κ3) is 4.01. The van der Waals surface area contributed by atoms with Crippen LogP contribution < -0.4 is 10.6 Å². The summed E-state index contributed by atoms with van der Waals surface area (Å²) in [7, 11) is 1.78. The first-order chi connectivity index (χ1) is 15.5. The number of benzene rings is 1. The van der Waals surface area contributed by atoms with Gasteiger partial charge in [0.15, 0.2) is 5.65 Å². The lowest BCUT2D eigenvalue weighted by molar-refractivity contribution is 0.102. The van der Waals surface area contributed by atoms with Gasteiger partial charge in [-0.25, -0.2) is 19.0 Å². The summed E-state index contributed by atoms with van der Waals surface area (Å²) in [6.07, 6.45) is 7.12. The molecule has 3 heterocycles. The fraction of sp³-hybridized carbons (Fsp3) is 0.261. The van der Waals surface area contributed by atoms with E-state index < -0.39 is 6.04 Å². The van der Waals surface area contributed by atoms with Crippen molar-refractivity contribution in [1.82, 2.24) is 24.7 Å². The lowest BCUT2D eigenvalue weighted by Gasteiger charge is -2.17. The molecule has 162 valence electrons. The van der Waals surface area contributed by atoms with Gasteiger partial charge in [0.2, 0.25) is 0 Å². The third-order valence-corrected chi connectivity index (χ3v) is 5.57. The van der Waals surface area contributed by atoms with Gasteiger partial charge in [0.1, 0.15) is 17.2 Å². The van der Waals surface area contributed by atoms with Crippen LogP contribution in [0.15, 0.2) is 48.9 Å². The first-order valence-corrected chi connectivity index (χ1v) is 10.5. The molecule has 0 aliphatic heterocycles. The summed E-state index contributed by atoms with van der Waals surface area (Å²) >= 11 is 0. The molecule has 1 fully saturated rings. The fourth-order valence-corrected chi connectivity index (χ4v) is 3.60. The van der Waals surface area contributed by atoms with E-state index in [9.17, 15) is 9.18 Å². The van der Waals surface area contributed by atoms with E-state index in [1.165, 1.54) is 12.1 Å². The van der Waals surface area contributed by atoms with E-state index in [0.717, 1.165) is 18.5 Å². The summed E-state index contributed by atoms with van der Waals surface area (Å²) in [4.78, 5) is 25.8. The van der Waals surface area contributed by atoms with Gasteiger partial charge in [0.25, 0.3) is 5.91 Å². The highest BCUT2D eigenvalue weighted by Crippen LogP contribution is 2.38. The molecular weight excluding hydrogens is 409 g/mol. The predicted octanol–water partition coefficient (Wildman–Crippen LogP) is 4.20. The maximum atomic E-state index is 14.6. The quantitative estimate of drug-likeness (QED) is 0.475. The van der Waals surface area contributed by atoms with Crippen molar-refractivity contribution in [3.8, 4) is 0 Å². The zero-order valence-electron chi connectivity index (χ0n) is 17.7. The van der Waals surface area contributed by atoms with Crippen LogP contribution in [0.2, 0.25) is 0 Å². The monoisotopic (exact) mass is 431 g/mol. The van der Waals surface area contributed by atoms with E-state index in [-0.39, 0.29) is 11.7 Å². The molecule has 0 radical (unpaired) electrons. The Morgan fingerprint density at radius 1 is 1.16 bits per heavy atom. The van der Waals surface area contributed by atoms with Gasteiger partial charge in [-0.1, -0.05) is 0 Å². The van der Waals surface area contributed by atoms with Crippen molar-refractivity contribution in [1.29, 1.82) is 0 Å². The molecular formula is C23H22FN7O. The summed E-state index contributed by atoms with van der Waals surface area (Å²) in [6.45, 7) is 1.82. The Kier molecular flexibility index (Phi) is 5.01. The molecule has 2 N–H and O–H groups in total. The Morgan fingerprint density at radius 2 is 2.00 bits per heavy atom. The molecule has 1 aliphatic rings. The molecule has 32 heavy (non-hydrogen) atoms. The van der Waals surface area contributed by atoms with Crippen LogP contribution in [0.5, 0.6) is 0 Å². The standard InChI is InChI=1S/C23H22FN7O/c1-13(28-21-12-26-20-11-27-31(2)22(20)30-21)17-9-16(6-7-18(17)24)29-23(32)15-5-8-19(25-10-15)14-3-4-14/h5-14H,3-4H2,1-2H3,(H,28,30)(H,29,32)/t13-/m0/s1. The molecule has 1 saturated carbocycles. The first-order valence-electron chi connectivity index (χ1n) is 10.5. The van der Waals surface area contributed by atoms with Crippen molar-refractivity contribution in [3.63, 3.8) is 0 Å². The average Bonchev–Trinajstić information content (AvgIpc) is 3.59. The van der Waals surface area contributed by atoms with Gasteiger partial charge in [-0.05, 0) is 50.1 Å². The Hall–Kier alpha value is -3.88. The normalized spacial score (nSPS) is 14.3. The number of fused-ring (bicyclic) bond motifs is 1. The Bertz CT molecular complexity index is 1300. The van der Waals surface area contributed by atoms with Crippen molar-refractivity contribution in [2.24, 2.45) is 7.05 Å². The topological polar surface area (TPSA) is 97.6 Å². The number of aromatic nitrogens is 5. The molecule has 0 bridgehead atoms. The van der Waals surface area contributed by atoms with Crippen LogP contribution in [0.4, 0.5) is 15.9 Å². The number of carbonyl (C=O) groups excluding carboxylic acids is 1. The van der Waals surface area contributed by atoms with Crippen LogP contribution in [-0.4, -0.2) is 30.6 Å². The lowest BCUT2D eigenvalue weighted by atomic mass is 10.1. The van der Waals surface area contributed by atoms with Crippen molar-refractivity contribution in [3.05, 3.63) is 71.6 Å². The maximum absolute atomic E-state index is 14.6. The minimum atomic E-state index is -0.411. The number of amides is 1. The summed E-state index contributed by atoms with van der Waals surface area (Å²) in [5.74, 6) is 0.367. The van der Waals surface area contributed by atoms with Gasteiger partial charge in [0.05, 0.1) is 24.0 Å². The Labute approximate surface area is 183 Å². The number of nitrogens with one attached hydrogen (secondary N) is 2.